The molecule has 0 saturated carbocycles. The second-order valence-electron chi connectivity index (χ2n) is 7.54. The lowest BCUT2D eigenvalue weighted by Crippen LogP contribution is -2.55. The topological polar surface area (TPSA) is 72.7 Å². The summed E-state index contributed by atoms with van der Waals surface area (Å²) in [4.78, 5) is 25.5. The second-order valence-corrected chi connectivity index (χ2v) is 7.54. The van der Waals surface area contributed by atoms with Crippen molar-refractivity contribution >= 4 is 95.2 Å². The van der Waals surface area contributed by atoms with E-state index >= 15 is 0 Å². The minimum atomic E-state index is -0.444. The normalized spacial score (nSPS) is 11.3. The van der Waals surface area contributed by atoms with E-state index in [1.807, 2.05) is 24.6 Å². The van der Waals surface area contributed by atoms with Crippen LogP contribution in [0.1, 0.15) is 11.4 Å². The van der Waals surface area contributed by atoms with Gasteiger partial charge in [0.1, 0.15) is 50.9 Å². The van der Waals surface area contributed by atoms with Crippen molar-refractivity contribution in [3.63, 3.8) is 0 Å². The molecule has 1 amide bonds. The van der Waals surface area contributed by atoms with Crippen molar-refractivity contribution in [3.05, 3.63) is 48.2 Å². The lowest BCUT2D eigenvalue weighted by Gasteiger charge is -2.18. The van der Waals surface area contributed by atoms with Gasteiger partial charge in [0.05, 0.1) is 23.6 Å². The molecule has 10 radical (unpaired) electrons. The number of nitrogens with one attached hydrogen (secondary N) is 1. The zero-order valence-corrected chi connectivity index (χ0v) is 18.1. The van der Waals surface area contributed by atoms with E-state index in [4.69, 9.17) is 39.2 Å². The van der Waals surface area contributed by atoms with Crippen LogP contribution >= 0.6 is 0 Å². The number of hydrogen-bond donors (Lipinski definition) is 1. The number of fused-ring (bicyclic) bond motifs is 1. The van der Waals surface area contributed by atoms with Gasteiger partial charge in [0, 0.05) is 30.3 Å². The predicted molar refractivity (Wildman–Crippen MR) is 138 cm³/mol. The fourth-order valence-electron chi connectivity index (χ4n) is 3.39. The predicted octanol–water partition coefficient (Wildman–Crippen LogP) is -2.04. The minimum Gasteiger partial charge on any atom is -0.331 e. The maximum Gasteiger partial charge on any atom is 0.249 e. The largest absolute Gasteiger partial charge is 0.331 e. The molecule has 0 spiro atoms. The van der Waals surface area contributed by atoms with Gasteiger partial charge in [-0.15, -0.1) is 16.4 Å². The van der Waals surface area contributed by atoms with Crippen LogP contribution in [0.5, 0.6) is 0 Å². The van der Waals surface area contributed by atoms with Crippen LogP contribution in [-0.2, 0) is 11.8 Å². The SMILES string of the molecule is [B]c1c([B])c([B])c(/C=C/C(=O)Nc2cc3cc(-c4cnc(C)n4C)cnc3cn2)c([B])c1[B]. The summed E-state index contributed by atoms with van der Waals surface area (Å²) < 4.78 is 1.98. The lowest BCUT2D eigenvalue weighted by atomic mass is 9.60. The Morgan fingerprint density at radius 3 is 2.21 bits per heavy atom. The van der Waals surface area contributed by atoms with Crippen LogP contribution in [-0.4, -0.2) is 64.7 Å². The molecule has 0 aliphatic rings. The molecule has 4 rings (SSSR count). The third-order valence-electron chi connectivity index (χ3n) is 5.48. The Labute approximate surface area is 198 Å². The van der Waals surface area contributed by atoms with Crippen LogP contribution in [0.2, 0.25) is 0 Å². The molecular weight excluding hydrogens is 404 g/mol. The average Bonchev–Trinajstić information content (AvgIpc) is 3.14. The molecule has 0 saturated heterocycles. The molecular formula is C22H14B5N5O. The van der Waals surface area contributed by atoms with Gasteiger partial charge in [0.25, 0.3) is 0 Å². The Morgan fingerprint density at radius 1 is 0.909 bits per heavy atom. The van der Waals surface area contributed by atoms with Gasteiger partial charge in [-0.3, -0.25) is 9.78 Å². The van der Waals surface area contributed by atoms with Gasteiger partial charge >= 0.3 is 0 Å². The van der Waals surface area contributed by atoms with Gasteiger partial charge < -0.3 is 9.88 Å². The number of hydrogen-bond acceptors (Lipinski definition) is 4. The maximum absolute atomic E-state index is 12.5. The fraction of sp³-hybridized carbons (Fsp3) is 0.0909. The third kappa shape index (κ3) is 4.27. The number of carbonyl (C=O) groups is 1. The molecule has 0 atom stereocenters. The van der Waals surface area contributed by atoms with Crippen LogP contribution in [0.25, 0.3) is 28.2 Å². The number of imidazole rings is 1. The Kier molecular flexibility index (Phi) is 6.06. The molecule has 0 fully saturated rings. The molecule has 1 N–H and O–H groups in total. The zero-order chi connectivity index (χ0) is 23.9. The van der Waals surface area contributed by atoms with Gasteiger partial charge in [-0.1, -0.05) is 17.0 Å². The van der Waals surface area contributed by atoms with Crippen LogP contribution in [0.4, 0.5) is 5.82 Å². The van der Waals surface area contributed by atoms with Crippen LogP contribution in [0.3, 0.4) is 0 Å². The van der Waals surface area contributed by atoms with E-state index < -0.39 is 5.91 Å². The van der Waals surface area contributed by atoms with Crippen molar-refractivity contribution in [1.29, 1.82) is 0 Å². The maximum atomic E-state index is 12.5. The Morgan fingerprint density at radius 2 is 1.58 bits per heavy atom. The van der Waals surface area contributed by atoms with E-state index in [1.165, 1.54) is 12.2 Å². The molecule has 0 bridgehead atoms. The molecule has 3 aromatic heterocycles. The van der Waals surface area contributed by atoms with Crippen LogP contribution in [0.15, 0.2) is 36.8 Å². The summed E-state index contributed by atoms with van der Waals surface area (Å²) in [7, 11) is 31.4. The highest BCUT2D eigenvalue weighted by Gasteiger charge is 2.10. The molecule has 11 heteroatoms. The molecule has 3 heterocycles. The first kappa shape index (κ1) is 22.7. The smallest absolute Gasteiger partial charge is 0.249 e. The van der Waals surface area contributed by atoms with Crippen molar-refractivity contribution < 1.29 is 4.79 Å². The van der Waals surface area contributed by atoms with E-state index in [0.29, 0.717) is 16.9 Å². The second kappa shape index (κ2) is 8.81. The number of aromatic nitrogens is 4. The van der Waals surface area contributed by atoms with Crippen molar-refractivity contribution in [2.45, 2.75) is 6.92 Å². The lowest BCUT2D eigenvalue weighted by molar-refractivity contribution is -0.111. The number of aryl methyl sites for hydroxylation is 1. The molecule has 33 heavy (non-hydrogen) atoms. The van der Waals surface area contributed by atoms with E-state index in [0.717, 1.165) is 22.5 Å². The first-order valence-electron chi connectivity index (χ1n) is 9.92. The summed E-state index contributed by atoms with van der Waals surface area (Å²) in [6.07, 6.45) is 7.83. The Hall–Kier alpha value is -3.48. The fourth-order valence-corrected chi connectivity index (χ4v) is 3.39. The van der Waals surface area contributed by atoms with Gasteiger partial charge in [-0.2, -0.15) is 0 Å². The molecule has 0 unspecified atom stereocenters. The minimum absolute atomic E-state index is 0.112. The first-order valence-corrected chi connectivity index (χ1v) is 9.92. The quantitative estimate of drug-likeness (QED) is 0.306. The van der Waals surface area contributed by atoms with Gasteiger partial charge in [-0.05, 0) is 24.6 Å². The number of benzene rings is 1. The summed E-state index contributed by atoms with van der Waals surface area (Å²) >= 11 is 0. The third-order valence-corrected chi connectivity index (χ3v) is 5.48. The van der Waals surface area contributed by atoms with Gasteiger partial charge in [-0.25, -0.2) is 9.97 Å². The number of nitrogens with zero attached hydrogens (tertiary/aromatic N) is 4. The summed E-state index contributed by atoms with van der Waals surface area (Å²) in [6, 6.07) is 3.70. The number of anilines is 1. The monoisotopic (exact) mass is 419 g/mol. The standard InChI is InChI=1S/C22H14B5N5O/c1-10-28-9-15(32(10)2)12-5-11-6-16(30-8-14(11)29-7-12)31-17(33)4-3-13-18(23)20(25)22(27)21(26)19(13)24/h3-9H,1-2H3,(H,30,31,33)/b4-3+. The molecule has 1 aromatic carbocycles. The zero-order valence-electron chi connectivity index (χ0n) is 18.1. The van der Waals surface area contributed by atoms with Crippen LogP contribution in [0, 0.1) is 6.92 Å². The molecule has 0 aliphatic heterocycles. The number of pyridine rings is 2. The average molecular weight is 418 g/mol. The van der Waals surface area contributed by atoms with E-state index in [-0.39, 0.29) is 27.3 Å². The Balaban J connectivity index is 1.59. The van der Waals surface area contributed by atoms with E-state index in [9.17, 15) is 4.79 Å². The van der Waals surface area contributed by atoms with Crippen LogP contribution < -0.4 is 32.6 Å². The summed E-state index contributed by atoms with van der Waals surface area (Å²) in [5.41, 5.74) is 3.49. The van der Waals surface area contributed by atoms with Crippen molar-refractivity contribution in [1.82, 2.24) is 19.5 Å². The molecule has 0 aliphatic carbocycles. The van der Waals surface area contributed by atoms with Crippen molar-refractivity contribution in [2.75, 3.05) is 5.32 Å². The molecule has 6 nitrogen and oxygen atoms in total. The summed E-state index contributed by atoms with van der Waals surface area (Å²) in [6.45, 7) is 1.93. The van der Waals surface area contributed by atoms with Crippen molar-refractivity contribution in [2.24, 2.45) is 7.05 Å². The van der Waals surface area contributed by atoms with E-state index in [1.54, 1.807) is 24.7 Å². The summed E-state index contributed by atoms with van der Waals surface area (Å²) in [5, 5.41) is 3.52. The molecule has 4 aromatic rings. The van der Waals surface area contributed by atoms with E-state index in [2.05, 4.69) is 20.3 Å². The van der Waals surface area contributed by atoms with Gasteiger partial charge in [0.2, 0.25) is 5.91 Å². The molecule has 148 valence electrons. The first-order chi connectivity index (χ1) is 15.7. The van der Waals surface area contributed by atoms with Gasteiger partial charge in [0.15, 0.2) is 0 Å². The highest BCUT2D eigenvalue weighted by atomic mass is 16.1. The Bertz CT molecular complexity index is 1420. The van der Waals surface area contributed by atoms with Crippen molar-refractivity contribution in [3.8, 4) is 11.3 Å². The number of carbonyl (C=O) groups excluding carboxylic acids is 1. The highest BCUT2D eigenvalue weighted by molar-refractivity contribution is 6.67. The number of amides is 1. The number of rotatable bonds is 4. The highest BCUT2D eigenvalue weighted by Crippen LogP contribution is 2.24. The summed E-state index contributed by atoms with van der Waals surface area (Å²) in [5.74, 6) is 0.806.